The summed E-state index contributed by atoms with van der Waals surface area (Å²) in [6, 6.07) is 9.26. The number of nitriles is 1. The van der Waals surface area contributed by atoms with Gasteiger partial charge in [0, 0.05) is 6.42 Å². The number of rotatable bonds is 11. The minimum Gasteiger partial charge on any atom is -0.494 e. The molecule has 0 radical (unpaired) electrons. The Morgan fingerprint density at radius 2 is 1.68 bits per heavy atom. The SMILES string of the molecule is CCOC(=O)CCCCCCCCOc1ccc(C#N)cc1. The van der Waals surface area contributed by atoms with E-state index in [1.165, 1.54) is 6.42 Å². The van der Waals surface area contributed by atoms with Crippen LogP contribution >= 0.6 is 0 Å². The summed E-state index contributed by atoms with van der Waals surface area (Å²) in [5.74, 6) is 0.728. The summed E-state index contributed by atoms with van der Waals surface area (Å²) in [6.07, 6.45) is 7.01. The van der Waals surface area contributed by atoms with Gasteiger partial charge in [0.05, 0.1) is 24.8 Å². The average molecular weight is 303 g/mol. The van der Waals surface area contributed by atoms with Crippen LogP contribution in [0.1, 0.15) is 57.4 Å². The van der Waals surface area contributed by atoms with Gasteiger partial charge in [-0.1, -0.05) is 25.7 Å². The number of benzene rings is 1. The average Bonchev–Trinajstić information content (AvgIpc) is 2.54. The largest absolute Gasteiger partial charge is 0.494 e. The number of ether oxygens (including phenoxy) is 2. The van der Waals surface area contributed by atoms with Crippen LogP contribution in [0.15, 0.2) is 24.3 Å². The Labute approximate surface area is 133 Å². The minimum atomic E-state index is -0.0849. The van der Waals surface area contributed by atoms with E-state index in [1.54, 1.807) is 12.1 Å². The number of hydrogen-bond acceptors (Lipinski definition) is 4. The van der Waals surface area contributed by atoms with E-state index in [4.69, 9.17) is 14.7 Å². The summed E-state index contributed by atoms with van der Waals surface area (Å²) in [4.78, 5) is 11.1. The highest BCUT2D eigenvalue weighted by atomic mass is 16.5. The van der Waals surface area contributed by atoms with E-state index >= 15 is 0 Å². The summed E-state index contributed by atoms with van der Waals surface area (Å²) < 4.78 is 10.5. The number of hydrogen-bond donors (Lipinski definition) is 0. The van der Waals surface area contributed by atoms with Gasteiger partial charge in [0.25, 0.3) is 0 Å². The Kier molecular flexibility index (Phi) is 9.52. The molecule has 0 aliphatic carbocycles. The fourth-order valence-corrected chi connectivity index (χ4v) is 2.13. The number of carbonyl (C=O) groups excluding carboxylic acids is 1. The monoisotopic (exact) mass is 303 g/mol. The van der Waals surface area contributed by atoms with E-state index in [0.717, 1.165) is 37.9 Å². The van der Waals surface area contributed by atoms with E-state index in [1.807, 2.05) is 19.1 Å². The molecule has 0 N–H and O–H groups in total. The van der Waals surface area contributed by atoms with E-state index in [9.17, 15) is 4.79 Å². The predicted molar refractivity (Wildman–Crippen MR) is 85.6 cm³/mol. The minimum absolute atomic E-state index is 0.0849. The lowest BCUT2D eigenvalue weighted by atomic mass is 10.1. The zero-order valence-electron chi connectivity index (χ0n) is 13.3. The molecular formula is C18H25NO3. The van der Waals surface area contributed by atoms with Crippen LogP contribution in [-0.2, 0) is 9.53 Å². The van der Waals surface area contributed by atoms with Crippen LogP contribution in [-0.4, -0.2) is 19.2 Å². The fraction of sp³-hybridized carbons (Fsp3) is 0.556. The Morgan fingerprint density at radius 1 is 1.05 bits per heavy atom. The topological polar surface area (TPSA) is 59.3 Å². The van der Waals surface area contributed by atoms with Crippen LogP contribution in [0, 0.1) is 11.3 Å². The predicted octanol–water partition coefficient (Wildman–Crippen LogP) is 4.23. The van der Waals surface area contributed by atoms with E-state index in [-0.39, 0.29) is 5.97 Å². The Bertz CT molecular complexity index is 462. The van der Waals surface area contributed by atoms with Gasteiger partial charge in [0.15, 0.2) is 0 Å². The second-order valence-corrected chi connectivity index (χ2v) is 5.16. The molecule has 1 aromatic carbocycles. The number of esters is 1. The summed E-state index contributed by atoms with van der Waals surface area (Å²) in [6.45, 7) is 3.00. The molecule has 0 aromatic heterocycles. The first-order chi connectivity index (χ1) is 10.8. The highest BCUT2D eigenvalue weighted by Crippen LogP contribution is 2.13. The normalized spacial score (nSPS) is 10.0. The van der Waals surface area contributed by atoms with Gasteiger partial charge >= 0.3 is 5.97 Å². The molecule has 0 amide bonds. The van der Waals surface area contributed by atoms with Gasteiger partial charge in [-0.05, 0) is 44.0 Å². The molecule has 0 aliphatic rings. The number of nitrogens with zero attached hydrogens (tertiary/aromatic N) is 1. The van der Waals surface area contributed by atoms with Gasteiger partial charge in [0.2, 0.25) is 0 Å². The zero-order chi connectivity index (χ0) is 16.0. The molecule has 0 bridgehead atoms. The lowest BCUT2D eigenvalue weighted by Gasteiger charge is -2.06. The van der Waals surface area contributed by atoms with Gasteiger partial charge in [0.1, 0.15) is 5.75 Å². The van der Waals surface area contributed by atoms with Crippen LogP contribution in [0.3, 0.4) is 0 Å². The highest BCUT2D eigenvalue weighted by molar-refractivity contribution is 5.69. The van der Waals surface area contributed by atoms with Gasteiger partial charge in [-0.15, -0.1) is 0 Å². The maximum absolute atomic E-state index is 11.1. The van der Waals surface area contributed by atoms with E-state index in [0.29, 0.717) is 25.2 Å². The molecule has 0 saturated carbocycles. The summed E-state index contributed by atoms with van der Waals surface area (Å²) in [5.41, 5.74) is 0.648. The zero-order valence-corrected chi connectivity index (χ0v) is 13.3. The molecule has 0 aliphatic heterocycles. The molecule has 4 nitrogen and oxygen atoms in total. The van der Waals surface area contributed by atoms with E-state index < -0.39 is 0 Å². The van der Waals surface area contributed by atoms with Crippen molar-refractivity contribution in [3.8, 4) is 11.8 Å². The number of carbonyl (C=O) groups is 1. The van der Waals surface area contributed by atoms with Crippen LogP contribution in [0.5, 0.6) is 5.75 Å². The van der Waals surface area contributed by atoms with Crippen LogP contribution in [0.4, 0.5) is 0 Å². The third kappa shape index (κ3) is 8.31. The molecule has 0 saturated heterocycles. The lowest BCUT2D eigenvalue weighted by Crippen LogP contribution is -2.03. The second kappa shape index (κ2) is 11.6. The first kappa shape index (κ1) is 18.0. The molecule has 0 atom stereocenters. The van der Waals surface area contributed by atoms with Crippen molar-refractivity contribution in [2.75, 3.05) is 13.2 Å². The molecule has 0 heterocycles. The smallest absolute Gasteiger partial charge is 0.305 e. The van der Waals surface area contributed by atoms with Crippen molar-refractivity contribution in [2.24, 2.45) is 0 Å². The first-order valence-electron chi connectivity index (χ1n) is 8.05. The molecule has 0 unspecified atom stereocenters. The molecule has 1 aromatic rings. The standard InChI is InChI=1S/C18H25NO3/c1-2-21-18(20)9-7-5-3-4-6-8-14-22-17-12-10-16(15-19)11-13-17/h10-13H,2-9,14H2,1H3. The maximum Gasteiger partial charge on any atom is 0.305 e. The molecule has 0 spiro atoms. The molecule has 0 fully saturated rings. The van der Waals surface area contributed by atoms with Crippen molar-refractivity contribution < 1.29 is 14.3 Å². The van der Waals surface area contributed by atoms with Gasteiger partial charge in [-0.2, -0.15) is 5.26 Å². The first-order valence-corrected chi connectivity index (χ1v) is 8.05. The lowest BCUT2D eigenvalue weighted by molar-refractivity contribution is -0.143. The van der Waals surface area contributed by atoms with Crippen molar-refractivity contribution in [3.05, 3.63) is 29.8 Å². The molecule has 22 heavy (non-hydrogen) atoms. The summed E-state index contributed by atoms with van der Waals surface area (Å²) >= 11 is 0. The van der Waals surface area contributed by atoms with Crippen molar-refractivity contribution in [1.82, 2.24) is 0 Å². The van der Waals surface area contributed by atoms with Gasteiger partial charge in [-0.25, -0.2) is 0 Å². The second-order valence-electron chi connectivity index (χ2n) is 5.16. The van der Waals surface area contributed by atoms with Crippen LogP contribution in [0.2, 0.25) is 0 Å². The van der Waals surface area contributed by atoms with Crippen molar-refractivity contribution in [2.45, 2.75) is 51.9 Å². The van der Waals surface area contributed by atoms with Gasteiger partial charge < -0.3 is 9.47 Å². The molecule has 4 heteroatoms. The van der Waals surface area contributed by atoms with Crippen molar-refractivity contribution >= 4 is 5.97 Å². The van der Waals surface area contributed by atoms with Crippen LogP contribution in [0.25, 0.3) is 0 Å². The summed E-state index contributed by atoms with van der Waals surface area (Å²) in [5, 5.41) is 8.70. The number of unbranched alkanes of at least 4 members (excludes halogenated alkanes) is 5. The van der Waals surface area contributed by atoms with Crippen molar-refractivity contribution in [3.63, 3.8) is 0 Å². The Balaban J connectivity index is 1.93. The molecule has 1 rings (SSSR count). The fourth-order valence-electron chi connectivity index (χ4n) is 2.13. The molecular weight excluding hydrogens is 278 g/mol. The third-order valence-corrected chi connectivity index (χ3v) is 3.33. The third-order valence-electron chi connectivity index (χ3n) is 3.33. The van der Waals surface area contributed by atoms with Crippen molar-refractivity contribution in [1.29, 1.82) is 5.26 Å². The quantitative estimate of drug-likeness (QED) is 0.453. The maximum atomic E-state index is 11.1. The molecule has 120 valence electrons. The Morgan fingerprint density at radius 3 is 2.32 bits per heavy atom. The highest BCUT2D eigenvalue weighted by Gasteiger charge is 2.00. The van der Waals surface area contributed by atoms with Gasteiger partial charge in [-0.3, -0.25) is 4.79 Å². The summed E-state index contributed by atoms with van der Waals surface area (Å²) in [7, 11) is 0. The van der Waals surface area contributed by atoms with Crippen LogP contribution < -0.4 is 4.74 Å². The van der Waals surface area contributed by atoms with E-state index in [2.05, 4.69) is 6.07 Å². The Hall–Kier alpha value is -2.02.